The lowest BCUT2D eigenvalue weighted by molar-refractivity contribution is -0.384. The number of non-ortho nitro benzene ring substituents is 1. The quantitative estimate of drug-likeness (QED) is 0.0981. The van der Waals surface area contributed by atoms with E-state index < -0.39 is 10.8 Å². The van der Waals surface area contributed by atoms with Gasteiger partial charge < -0.3 is 4.57 Å². The number of nitro benzene ring substituents is 1. The van der Waals surface area contributed by atoms with Crippen LogP contribution in [0.4, 0.5) is 5.69 Å². The van der Waals surface area contributed by atoms with Crippen LogP contribution in [0.25, 0.3) is 39.3 Å². The molecule has 4 aromatic carbocycles. The number of nitrogens with one attached hydrogen (secondary N) is 4. The summed E-state index contributed by atoms with van der Waals surface area (Å²) in [6.45, 7) is 8.02. The van der Waals surface area contributed by atoms with E-state index in [1.54, 1.807) is 12.1 Å². The highest BCUT2D eigenvalue weighted by molar-refractivity contribution is 5.72. The first-order valence-electron chi connectivity index (χ1n) is 15.9. The summed E-state index contributed by atoms with van der Waals surface area (Å²) in [5.74, 6) is -0.739. The van der Waals surface area contributed by atoms with Crippen molar-refractivity contribution in [1.82, 2.24) is 25.0 Å². The van der Waals surface area contributed by atoms with Crippen LogP contribution in [0, 0.1) is 37.8 Å². The van der Waals surface area contributed by atoms with Crippen LogP contribution in [0.5, 0.6) is 0 Å². The Morgan fingerprint density at radius 2 is 1.02 bits per heavy atom. The molecular formula is C39H34N6O4. The van der Waals surface area contributed by atoms with Crippen molar-refractivity contribution >= 4 is 5.69 Å². The van der Waals surface area contributed by atoms with Gasteiger partial charge in [0.1, 0.15) is 0 Å². The highest BCUT2D eigenvalue weighted by atomic mass is 16.6. The number of rotatable bonds is 8. The van der Waals surface area contributed by atoms with Crippen LogP contribution in [-0.4, -0.2) is 29.9 Å². The Morgan fingerprint density at radius 1 is 0.592 bits per heavy atom. The summed E-state index contributed by atoms with van der Waals surface area (Å²) in [4.78, 5) is 38.4. The number of nitrogens with zero attached hydrogens (tertiary/aromatic N) is 2. The van der Waals surface area contributed by atoms with Crippen LogP contribution in [0.1, 0.15) is 45.1 Å². The van der Waals surface area contributed by atoms with E-state index in [9.17, 15) is 19.7 Å². The van der Waals surface area contributed by atoms with Crippen LogP contribution in [0.15, 0.2) is 113 Å². The Hall–Kier alpha value is -6.42. The minimum Gasteiger partial charge on any atom is -0.318 e. The molecular weight excluding hydrogens is 616 g/mol. The van der Waals surface area contributed by atoms with Crippen LogP contribution in [-0.2, 0) is 0 Å². The van der Waals surface area contributed by atoms with Crippen molar-refractivity contribution < 1.29 is 4.92 Å². The molecule has 3 heterocycles. The Bertz CT molecular complexity index is 2320. The van der Waals surface area contributed by atoms with E-state index in [4.69, 9.17) is 0 Å². The molecule has 0 aliphatic carbocycles. The monoisotopic (exact) mass is 650 g/mol. The molecule has 0 radical (unpaired) electrons. The van der Waals surface area contributed by atoms with Crippen LogP contribution < -0.4 is 11.1 Å². The zero-order valence-corrected chi connectivity index (χ0v) is 27.4. The molecule has 10 heteroatoms. The molecule has 49 heavy (non-hydrogen) atoms. The number of H-pyrrole nitrogens is 4. The first-order valence-corrected chi connectivity index (χ1v) is 15.9. The third-order valence-electron chi connectivity index (χ3n) is 9.21. The van der Waals surface area contributed by atoms with Gasteiger partial charge in [-0.25, -0.2) is 0 Å². The average Bonchev–Trinajstić information content (AvgIpc) is 3.76. The van der Waals surface area contributed by atoms with Crippen LogP contribution >= 0.6 is 0 Å². The lowest BCUT2D eigenvalue weighted by Crippen LogP contribution is -2.20. The second-order valence-electron chi connectivity index (χ2n) is 12.4. The lowest BCUT2D eigenvalue weighted by atomic mass is 9.83. The first kappa shape index (κ1) is 31.2. The maximum absolute atomic E-state index is 13.8. The fraction of sp³-hybridized carbons (Fsp3) is 0.128. The Kier molecular flexibility index (Phi) is 7.84. The normalized spacial score (nSPS) is 11.4. The van der Waals surface area contributed by atoms with Gasteiger partial charge in [0.25, 0.3) is 16.8 Å². The molecule has 0 unspecified atom stereocenters. The molecule has 0 saturated heterocycles. The van der Waals surface area contributed by atoms with Crippen molar-refractivity contribution in [1.29, 1.82) is 0 Å². The molecule has 7 aromatic rings. The second-order valence-corrected chi connectivity index (χ2v) is 12.4. The van der Waals surface area contributed by atoms with Crippen LogP contribution in [0.3, 0.4) is 0 Å². The van der Waals surface area contributed by atoms with Gasteiger partial charge >= 0.3 is 0 Å². The summed E-state index contributed by atoms with van der Waals surface area (Å²) in [6.07, 6.45) is 0. The van der Waals surface area contributed by atoms with Crippen molar-refractivity contribution in [3.63, 3.8) is 0 Å². The molecule has 0 saturated carbocycles. The van der Waals surface area contributed by atoms with E-state index in [1.807, 2.05) is 107 Å². The number of benzene rings is 4. The Balaban J connectivity index is 1.40. The van der Waals surface area contributed by atoms with Gasteiger partial charge in [-0.3, -0.25) is 40.1 Å². The summed E-state index contributed by atoms with van der Waals surface area (Å²) in [7, 11) is 0. The lowest BCUT2D eigenvalue weighted by Gasteiger charge is -2.19. The average molecular weight is 651 g/mol. The zero-order valence-electron chi connectivity index (χ0n) is 27.4. The van der Waals surface area contributed by atoms with Gasteiger partial charge in [-0.15, -0.1) is 0 Å². The van der Waals surface area contributed by atoms with Crippen molar-refractivity contribution in [2.24, 2.45) is 0 Å². The summed E-state index contributed by atoms with van der Waals surface area (Å²) >= 11 is 0. The molecule has 4 N–H and O–H groups in total. The van der Waals surface area contributed by atoms with Crippen molar-refractivity contribution in [3.8, 4) is 39.3 Å². The minimum atomic E-state index is -0.739. The van der Waals surface area contributed by atoms with Crippen molar-refractivity contribution in [3.05, 3.63) is 173 Å². The fourth-order valence-electron chi connectivity index (χ4n) is 6.69. The van der Waals surface area contributed by atoms with Gasteiger partial charge in [-0.2, -0.15) is 0 Å². The number of hydrogen-bond donors (Lipinski definition) is 4. The van der Waals surface area contributed by atoms with E-state index in [1.165, 1.54) is 12.1 Å². The Morgan fingerprint density at radius 3 is 1.47 bits per heavy atom. The Labute approximate surface area is 281 Å². The van der Waals surface area contributed by atoms with E-state index in [0.717, 1.165) is 56.0 Å². The highest BCUT2D eigenvalue weighted by Crippen LogP contribution is 2.40. The van der Waals surface area contributed by atoms with Gasteiger partial charge in [0.15, 0.2) is 0 Å². The molecule has 0 aliphatic rings. The maximum Gasteiger partial charge on any atom is 0.269 e. The summed E-state index contributed by atoms with van der Waals surface area (Å²) in [5, 5.41) is 22.9. The molecule has 0 amide bonds. The van der Waals surface area contributed by atoms with Gasteiger partial charge in [-0.05, 0) is 85.8 Å². The highest BCUT2D eigenvalue weighted by Gasteiger charge is 2.33. The third kappa shape index (κ3) is 5.63. The van der Waals surface area contributed by atoms with E-state index in [2.05, 4.69) is 25.0 Å². The molecule has 3 aromatic heterocycles. The van der Waals surface area contributed by atoms with Gasteiger partial charge in [-0.1, -0.05) is 71.8 Å². The largest absolute Gasteiger partial charge is 0.318 e. The number of hydrogen-bond acceptors (Lipinski definition) is 4. The van der Waals surface area contributed by atoms with Crippen molar-refractivity contribution in [2.75, 3.05) is 0 Å². The predicted molar refractivity (Wildman–Crippen MR) is 191 cm³/mol. The second kappa shape index (κ2) is 12.3. The van der Waals surface area contributed by atoms with Gasteiger partial charge in [0, 0.05) is 29.2 Å². The fourth-order valence-corrected chi connectivity index (χ4v) is 6.69. The van der Waals surface area contributed by atoms with E-state index >= 15 is 0 Å². The summed E-state index contributed by atoms with van der Waals surface area (Å²) in [6, 6.07) is 32.3. The van der Waals surface area contributed by atoms with E-state index in [-0.39, 0.29) is 16.8 Å². The van der Waals surface area contributed by atoms with Gasteiger partial charge in [0.2, 0.25) is 0 Å². The molecule has 10 nitrogen and oxygen atoms in total. The number of aromatic nitrogens is 5. The molecule has 0 bridgehead atoms. The summed E-state index contributed by atoms with van der Waals surface area (Å²) < 4.78 is 2.11. The molecule has 0 spiro atoms. The third-order valence-corrected chi connectivity index (χ3v) is 9.21. The topological polar surface area (TPSA) is 145 Å². The molecule has 244 valence electrons. The SMILES string of the molecule is Cc1ccc(-c2[nH][nH]c(=O)c2C(c2cc(C)n(-c3ccc(-c4ccc([N+](=O)[O-])cc4)cc3)c2C)c2c(-c3ccc(C)cc3)[nH][nH]c2=O)cc1. The molecule has 0 fully saturated rings. The minimum absolute atomic E-state index is 0.0413. The summed E-state index contributed by atoms with van der Waals surface area (Å²) in [5.41, 5.74) is 10.6. The standard InChI is InChI=1S/C39H34N6O4/c1-22-5-9-28(10-6-22)36-34(38(46)42-40-36)33(35-37(41-43-39(35)47)29-11-7-23(2)8-12-29)32-21-24(3)44(25(32)4)30-17-13-26(14-18-30)27-15-19-31(20-16-27)45(48)49/h5-21,33H,1-4H3,(H2,40,42,46)(H2,41,43,47). The zero-order chi connectivity index (χ0) is 34.4. The van der Waals surface area contributed by atoms with Gasteiger partial charge in [0.05, 0.1) is 33.4 Å². The van der Waals surface area contributed by atoms with Crippen LogP contribution in [0.2, 0.25) is 0 Å². The van der Waals surface area contributed by atoms with E-state index in [0.29, 0.717) is 22.5 Å². The first-order chi connectivity index (χ1) is 23.6. The maximum atomic E-state index is 13.8. The smallest absolute Gasteiger partial charge is 0.269 e. The number of nitro groups is 1. The molecule has 0 aliphatic heterocycles. The number of aryl methyl sites for hydroxylation is 3. The predicted octanol–water partition coefficient (Wildman–Crippen LogP) is 7.83. The van der Waals surface area contributed by atoms with Crippen molar-refractivity contribution in [2.45, 2.75) is 33.6 Å². The molecule has 7 rings (SSSR count). The number of aromatic amines is 4. The molecule has 0 atom stereocenters.